The molecule has 3 saturated carbocycles. The number of primary amides is 1. The molecule has 0 radical (unpaired) electrons. The van der Waals surface area contributed by atoms with Gasteiger partial charge in [-0.05, 0) is 61.7 Å². The molecule has 4 rings (SSSR count). The maximum Gasteiger partial charge on any atom is 0.332 e. The van der Waals surface area contributed by atoms with E-state index in [1.54, 1.807) is 0 Å². The number of nitrogens with zero attached hydrogens (tertiary/aromatic N) is 1. The van der Waals surface area contributed by atoms with Gasteiger partial charge in [-0.15, -0.1) is 0 Å². The summed E-state index contributed by atoms with van der Waals surface area (Å²) in [7, 11) is 0. The molecule has 176 valence electrons. The van der Waals surface area contributed by atoms with Crippen LogP contribution in [-0.2, 0) is 19.1 Å². The molecule has 0 heterocycles. The number of hydrogen-bond acceptors (Lipinski definition) is 6. The Bertz CT molecular complexity index is 883. The van der Waals surface area contributed by atoms with Crippen LogP contribution < -0.4 is 11.2 Å². The van der Waals surface area contributed by atoms with Crippen molar-refractivity contribution in [2.45, 2.75) is 84.8 Å². The molecule has 8 heteroatoms. The van der Waals surface area contributed by atoms with Crippen molar-refractivity contribution in [1.82, 2.24) is 5.43 Å². The van der Waals surface area contributed by atoms with Gasteiger partial charge in [0.1, 0.15) is 12.2 Å². The smallest absolute Gasteiger partial charge is 0.332 e. The van der Waals surface area contributed by atoms with Crippen molar-refractivity contribution in [3.63, 3.8) is 0 Å². The lowest BCUT2D eigenvalue weighted by atomic mass is 9.48. The summed E-state index contributed by atoms with van der Waals surface area (Å²) < 4.78 is 11.2. The highest BCUT2D eigenvalue weighted by atomic mass is 16.5. The van der Waals surface area contributed by atoms with Gasteiger partial charge in [-0.2, -0.15) is 5.10 Å². The second kappa shape index (κ2) is 8.19. The SMILES string of the molecule is CC(=O)O[C@H]1CC[C@@]2(C)C(=CC[C@H]3[C@H]2CC[C@]2(C)/C(=N\NC(N)=O)[C@H](OC(C)=O)C[C@H]32)C1. The number of ether oxygens (including phenoxy) is 2. The summed E-state index contributed by atoms with van der Waals surface area (Å²) in [6.07, 6.45) is 8.30. The maximum absolute atomic E-state index is 11.8. The first kappa shape index (κ1) is 22.8. The number of hydrogen-bond donors (Lipinski definition) is 2. The summed E-state index contributed by atoms with van der Waals surface area (Å²) in [6, 6.07) is -0.720. The van der Waals surface area contributed by atoms with E-state index in [2.05, 4.69) is 30.5 Å². The van der Waals surface area contributed by atoms with Crippen LogP contribution in [0.5, 0.6) is 0 Å². The van der Waals surface area contributed by atoms with E-state index in [1.165, 1.54) is 19.4 Å². The number of hydrazone groups is 1. The van der Waals surface area contributed by atoms with E-state index in [1.807, 2.05) is 0 Å². The zero-order valence-electron chi connectivity index (χ0n) is 19.5. The lowest BCUT2D eigenvalue weighted by molar-refractivity contribution is -0.148. The lowest BCUT2D eigenvalue weighted by Crippen LogP contribution is -2.51. The number of fused-ring (bicyclic) bond motifs is 5. The number of rotatable bonds is 3. The van der Waals surface area contributed by atoms with Crippen molar-refractivity contribution in [2.24, 2.45) is 39.4 Å². The molecule has 0 unspecified atom stereocenters. The Morgan fingerprint density at radius 3 is 2.41 bits per heavy atom. The fourth-order valence-corrected chi connectivity index (χ4v) is 7.37. The monoisotopic (exact) mass is 445 g/mol. The average molecular weight is 446 g/mol. The first-order chi connectivity index (χ1) is 15.0. The third-order valence-electron chi connectivity index (χ3n) is 8.73. The normalized spacial score (nSPS) is 41.6. The molecule has 0 aromatic heterocycles. The Morgan fingerprint density at radius 2 is 1.75 bits per heavy atom. The summed E-state index contributed by atoms with van der Waals surface area (Å²) in [5.41, 5.74) is 9.65. The van der Waals surface area contributed by atoms with E-state index >= 15 is 0 Å². The summed E-state index contributed by atoms with van der Waals surface area (Å²) in [4.78, 5) is 34.6. The Kier molecular flexibility index (Phi) is 5.84. The Hall–Kier alpha value is -2.38. The maximum atomic E-state index is 11.8. The van der Waals surface area contributed by atoms with E-state index in [0.29, 0.717) is 24.2 Å². The third kappa shape index (κ3) is 3.82. The minimum absolute atomic E-state index is 0.0179. The van der Waals surface area contributed by atoms with Crippen LogP contribution in [0.1, 0.15) is 72.6 Å². The second-order valence-electron chi connectivity index (χ2n) is 10.5. The molecule has 32 heavy (non-hydrogen) atoms. The van der Waals surface area contributed by atoms with E-state index in [9.17, 15) is 14.4 Å². The molecule has 0 aromatic rings. The highest BCUT2D eigenvalue weighted by Crippen LogP contribution is 2.64. The van der Waals surface area contributed by atoms with E-state index in [-0.39, 0.29) is 28.9 Å². The Balaban J connectivity index is 1.62. The van der Waals surface area contributed by atoms with Gasteiger partial charge in [0, 0.05) is 25.7 Å². The molecule has 0 saturated heterocycles. The molecular formula is C24H35N3O5. The molecule has 2 amide bonds. The topological polar surface area (TPSA) is 120 Å². The van der Waals surface area contributed by atoms with Gasteiger partial charge < -0.3 is 15.2 Å². The van der Waals surface area contributed by atoms with Crippen LogP contribution in [0.25, 0.3) is 0 Å². The molecule has 3 fully saturated rings. The van der Waals surface area contributed by atoms with Crippen molar-refractivity contribution in [1.29, 1.82) is 0 Å². The molecule has 4 aliphatic rings. The van der Waals surface area contributed by atoms with Crippen LogP contribution in [-0.4, -0.2) is 35.9 Å². The van der Waals surface area contributed by atoms with Gasteiger partial charge in [0.25, 0.3) is 0 Å². The van der Waals surface area contributed by atoms with Crippen LogP contribution in [0.3, 0.4) is 0 Å². The lowest BCUT2D eigenvalue weighted by Gasteiger charge is -2.57. The third-order valence-corrected chi connectivity index (χ3v) is 8.73. The van der Waals surface area contributed by atoms with Crippen molar-refractivity contribution in [2.75, 3.05) is 0 Å². The predicted octanol–water partition coefficient (Wildman–Crippen LogP) is 3.45. The number of amides is 2. The number of urea groups is 1. The Labute approximate surface area is 189 Å². The zero-order chi connectivity index (χ0) is 23.3. The minimum atomic E-state index is -0.720. The molecule has 0 aromatic carbocycles. The number of allylic oxidation sites excluding steroid dienone is 1. The molecule has 4 aliphatic carbocycles. The van der Waals surface area contributed by atoms with E-state index in [0.717, 1.165) is 44.2 Å². The number of carbonyl (C=O) groups excluding carboxylic acids is 3. The number of nitrogens with two attached hydrogens (primary N) is 1. The number of esters is 2. The summed E-state index contributed by atoms with van der Waals surface area (Å²) in [5.74, 6) is 0.731. The summed E-state index contributed by atoms with van der Waals surface area (Å²) in [5, 5.41) is 4.34. The van der Waals surface area contributed by atoms with Crippen molar-refractivity contribution in [3.05, 3.63) is 11.6 Å². The highest BCUT2D eigenvalue weighted by Gasteiger charge is 2.61. The summed E-state index contributed by atoms with van der Waals surface area (Å²) >= 11 is 0. The highest BCUT2D eigenvalue weighted by molar-refractivity contribution is 5.98. The second-order valence-corrected chi connectivity index (χ2v) is 10.5. The Morgan fingerprint density at radius 1 is 1.06 bits per heavy atom. The minimum Gasteiger partial charge on any atom is -0.462 e. The summed E-state index contributed by atoms with van der Waals surface area (Å²) in [6.45, 7) is 7.46. The van der Waals surface area contributed by atoms with Gasteiger partial charge in [-0.3, -0.25) is 9.59 Å². The fourth-order valence-electron chi connectivity index (χ4n) is 7.37. The molecule has 7 atom stereocenters. The van der Waals surface area contributed by atoms with Crippen LogP contribution >= 0.6 is 0 Å². The first-order valence-electron chi connectivity index (χ1n) is 11.7. The van der Waals surface area contributed by atoms with Gasteiger partial charge in [0.15, 0.2) is 0 Å². The average Bonchev–Trinajstić information content (AvgIpc) is 2.96. The van der Waals surface area contributed by atoms with Crippen LogP contribution in [0.2, 0.25) is 0 Å². The van der Waals surface area contributed by atoms with Crippen molar-refractivity contribution in [3.8, 4) is 0 Å². The molecular weight excluding hydrogens is 410 g/mol. The van der Waals surface area contributed by atoms with Gasteiger partial charge in [-0.1, -0.05) is 25.5 Å². The largest absolute Gasteiger partial charge is 0.462 e. The van der Waals surface area contributed by atoms with Crippen molar-refractivity contribution < 1.29 is 23.9 Å². The standard InChI is InChI=1S/C24H35N3O5/c1-13(28)31-16-7-9-23(3)15(11-16)5-6-17-18(23)8-10-24(4)19(17)12-20(32-14(2)29)21(24)26-27-22(25)30/h5,16-20H,6-12H2,1-4H3,(H3,25,27,30)/b26-21-/t16-,17-,18+,19+,20+,23-,24-/m0/s1. The molecule has 3 N–H and O–H groups in total. The van der Waals surface area contributed by atoms with E-state index in [4.69, 9.17) is 15.2 Å². The van der Waals surface area contributed by atoms with Crippen LogP contribution in [0.15, 0.2) is 16.8 Å². The molecule has 0 bridgehead atoms. The fraction of sp³-hybridized carbons (Fsp3) is 0.750. The van der Waals surface area contributed by atoms with E-state index < -0.39 is 12.1 Å². The first-order valence-corrected chi connectivity index (χ1v) is 11.7. The molecule has 0 aliphatic heterocycles. The zero-order valence-corrected chi connectivity index (χ0v) is 19.5. The molecule has 0 spiro atoms. The predicted molar refractivity (Wildman–Crippen MR) is 118 cm³/mol. The van der Waals surface area contributed by atoms with Gasteiger partial charge in [0.05, 0.1) is 5.71 Å². The quantitative estimate of drug-likeness (QED) is 0.392. The van der Waals surface area contributed by atoms with Gasteiger partial charge >= 0.3 is 18.0 Å². The number of carbonyl (C=O) groups is 3. The van der Waals surface area contributed by atoms with Crippen molar-refractivity contribution >= 4 is 23.7 Å². The number of nitrogens with one attached hydrogen (secondary N) is 1. The molecule has 8 nitrogen and oxygen atoms in total. The van der Waals surface area contributed by atoms with Crippen LogP contribution in [0.4, 0.5) is 4.79 Å². The van der Waals surface area contributed by atoms with Gasteiger partial charge in [0.2, 0.25) is 0 Å². The van der Waals surface area contributed by atoms with Crippen LogP contribution in [0, 0.1) is 28.6 Å². The van der Waals surface area contributed by atoms with Gasteiger partial charge in [-0.25, -0.2) is 10.2 Å².